The Morgan fingerprint density at radius 3 is 2.92 bits per heavy atom. The van der Waals surface area contributed by atoms with Crippen LogP contribution in [0.4, 0.5) is 0 Å². The number of ether oxygens (including phenoxy) is 3. The van der Waals surface area contributed by atoms with E-state index in [4.69, 9.17) is 14.2 Å². The van der Waals surface area contributed by atoms with E-state index in [-0.39, 0.29) is 12.2 Å². The largest absolute Gasteiger partial charge is 0.381 e. The Balaban J connectivity index is 1.37. The minimum absolute atomic E-state index is 0.196. The van der Waals surface area contributed by atoms with Gasteiger partial charge < -0.3 is 14.2 Å². The van der Waals surface area contributed by atoms with E-state index >= 15 is 0 Å². The van der Waals surface area contributed by atoms with Crippen LogP contribution in [0.25, 0.3) is 0 Å². The molecule has 3 aliphatic heterocycles. The van der Waals surface area contributed by atoms with E-state index in [9.17, 15) is 0 Å². The Kier molecular flexibility index (Phi) is 5.43. The fourth-order valence-corrected chi connectivity index (χ4v) is 4.20. The van der Waals surface area contributed by atoms with Gasteiger partial charge >= 0.3 is 0 Å². The lowest BCUT2D eigenvalue weighted by atomic mass is 10.0. The third-order valence-corrected chi connectivity index (χ3v) is 5.56. The monoisotopic (exact) mass is 332 g/mol. The predicted molar refractivity (Wildman–Crippen MR) is 90.7 cm³/mol. The lowest BCUT2D eigenvalue weighted by Gasteiger charge is -2.32. The third-order valence-electron chi connectivity index (χ3n) is 5.56. The van der Waals surface area contributed by atoms with E-state index in [1.807, 2.05) is 12.3 Å². The lowest BCUT2D eigenvalue weighted by Crippen LogP contribution is -2.42. The van der Waals surface area contributed by atoms with Crippen LogP contribution >= 0.6 is 0 Å². The zero-order valence-corrected chi connectivity index (χ0v) is 14.3. The van der Waals surface area contributed by atoms with Gasteiger partial charge in [0, 0.05) is 45.1 Å². The zero-order valence-electron chi connectivity index (χ0n) is 14.3. The fraction of sp³-hybridized carbons (Fsp3) is 0.737. The molecular weight excluding hydrogens is 304 g/mol. The normalized spacial score (nSPS) is 31.9. The smallest absolute Gasteiger partial charge is 0.100 e. The molecule has 1 aromatic heterocycles. The molecule has 3 fully saturated rings. The summed E-state index contributed by atoms with van der Waals surface area (Å²) in [6, 6.07) is 6.61. The van der Waals surface area contributed by atoms with Gasteiger partial charge in [0.05, 0.1) is 18.4 Å². The quantitative estimate of drug-likeness (QED) is 0.827. The van der Waals surface area contributed by atoms with Crippen molar-refractivity contribution in [3.63, 3.8) is 0 Å². The average molecular weight is 332 g/mol. The molecule has 1 aromatic rings. The van der Waals surface area contributed by atoms with Crippen molar-refractivity contribution in [2.45, 2.75) is 50.5 Å². The van der Waals surface area contributed by atoms with Crippen molar-refractivity contribution in [2.75, 3.05) is 33.0 Å². The van der Waals surface area contributed by atoms with Gasteiger partial charge in [-0.3, -0.25) is 9.88 Å². The first kappa shape index (κ1) is 16.5. The maximum Gasteiger partial charge on any atom is 0.100 e. The number of hydrogen-bond donors (Lipinski definition) is 0. The second-order valence-corrected chi connectivity index (χ2v) is 7.22. The molecule has 0 N–H and O–H groups in total. The summed E-state index contributed by atoms with van der Waals surface area (Å²) in [5, 5.41) is 0. The second kappa shape index (κ2) is 7.91. The van der Waals surface area contributed by atoms with Gasteiger partial charge in [-0.2, -0.15) is 0 Å². The van der Waals surface area contributed by atoms with Crippen molar-refractivity contribution in [2.24, 2.45) is 5.92 Å². The van der Waals surface area contributed by atoms with Crippen LogP contribution in [0, 0.1) is 5.92 Å². The highest BCUT2D eigenvalue weighted by Gasteiger charge is 2.44. The SMILES string of the molecule is c1ccc(CN2C[C@@H](OCC3CCOCC3)[C@@H]3OCCC[C@@H]32)nc1. The van der Waals surface area contributed by atoms with Gasteiger partial charge in [-0.05, 0) is 43.7 Å². The number of hydrogen-bond acceptors (Lipinski definition) is 5. The van der Waals surface area contributed by atoms with Crippen LogP contribution in [0.1, 0.15) is 31.4 Å². The number of pyridine rings is 1. The second-order valence-electron chi connectivity index (χ2n) is 7.22. The number of fused-ring (bicyclic) bond motifs is 1. The van der Waals surface area contributed by atoms with Crippen molar-refractivity contribution in [3.8, 4) is 0 Å². The van der Waals surface area contributed by atoms with Gasteiger partial charge in [-0.25, -0.2) is 0 Å². The Hall–Kier alpha value is -1.01. The molecule has 4 rings (SSSR count). The third kappa shape index (κ3) is 3.80. The number of nitrogens with zero attached hydrogens (tertiary/aromatic N) is 2. The minimum atomic E-state index is 0.196. The molecule has 4 heterocycles. The van der Waals surface area contributed by atoms with E-state index < -0.39 is 0 Å². The van der Waals surface area contributed by atoms with Crippen molar-refractivity contribution in [1.29, 1.82) is 0 Å². The lowest BCUT2D eigenvalue weighted by molar-refractivity contribution is -0.0892. The van der Waals surface area contributed by atoms with Crippen molar-refractivity contribution >= 4 is 0 Å². The van der Waals surface area contributed by atoms with Crippen LogP contribution in [-0.4, -0.2) is 61.1 Å². The highest BCUT2D eigenvalue weighted by molar-refractivity contribution is 5.06. The molecule has 5 heteroatoms. The zero-order chi connectivity index (χ0) is 16.2. The van der Waals surface area contributed by atoms with Crippen LogP contribution in [0.3, 0.4) is 0 Å². The summed E-state index contributed by atoms with van der Waals surface area (Å²) < 4.78 is 17.9. The molecule has 0 saturated carbocycles. The van der Waals surface area contributed by atoms with Crippen molar-refractivity contribution < 1.29 is 14.2 Å². The molecule has 0 aromatic carbocycles. The summed E-state index contributed by atoms with van der Waals surface area (Å²) in [6.45, 7) is 5.32. The standard InChI is InChI=1S/C19H28N2O3/c1-2-8-20-16(4-1)12-21-13-18(19-17(21)5-3-9-23-19)24-14-15-6-10-22-11-7-15/h1-2,4,8,15,17-19H,3,5-7,9-14H2/t17-,18+,19+/m0/s1. The highest BCUT2D eigenvalue weighted by Crippen LogP contribution is 2.32. The van der Waals surface area contributed by atoms with Crippen LogP contribution < -0.4 is 0 Å². The van der Waals surface area contributed by atoms with Gasteiger partial charge in [-0.1, -0.05) is 6.07 Å². The predicted octanol–water partition coefficient (Wildman–Crippen LogP) is 2.26. The number of rotatable bonds is 5. The van der Waals surface area contributed by atoms with Crippen LogP contribution in [-0.2, 0) is 20.8 Å². The summed E-state index contributed by atoms with van der Waals surface area (Å²) in [5.41, 5.74) is 1.13. The molecule has 0 amide bonds. The summed E-state index contributed by atoms with van der Waals surface area (Å²) in [5.74, 6) is 0.644. The molecule has 132 valence electrons. The van der Waals surface area contributed by atoms with Crippen molar-refractivity contribution in [1.82, 2.24) is 9.88 Å². The first-order valence-electron chi connectivity index (χ1n) is 9.35. The fourth-order valence-electron chi connectivity index (χ4n) is 4.20. The summed E-state index contributed by atoms with van der Waals surface area (Å²) >= 11 is 0. The summed E-state index contributed by atoms with van der Waals surface area (Å²) in [6.07, 6.45) is 6.89. The maximum absolute atomic E-state index is 6.34. The summed E-state index contributed by atoms with van der Waals surface area (Å²) in [7, 11) is 0. The highest BCUT2D eigenvalue weighted by atomic mass is 16.5. The molecule has 5 nitrogen and oxygen atoms in total. The molecule has 0 aliphatic carbocycles. The van der Waals surface area contributed by atoms with Gasteiger partial charge in [0.15, 0.2) is 0 Å². The minimum Gasteiger partial charge on any atom is -0.381 e. The molecule has 0 unspecified atom stereocenters. The van der Waals surface area contributed by atoms with E-state index in [0.29, 0.717) is 12.0 Å². The van der Waals surface area contributed by atoms with E-state index in [1.54, 1.807) is 0 Å². The van der Waals surface area contributed by atoms with Gasteiger partial charge in [0.1, 0.15) is 6.10 Å². The topological polar surface area (TPSA) is 43.8 Å². The molecule has 3 saturated heterocycles. The summed E-state index contributed by atoms with van der Waals surface area (Å²) in [4.78, 5) is 7.00. The van der Waals surface area contributed by atoms with Gasteiger partial charge in [-0.15, -0.1) is 0 Å². The van der Waals surface area contributed by atoms with Gasteiger partial charge in [0.2, 0.25) is 0 Å². The Morgan fingerprint density at radius 2 is 2.08 bits per heavy atom. The van der Waals surface area contributed by atoms with E-state index in [1.165, 1.54) is 6.42 Å². The van der Waals surface area contributed by atoms with E-state index in [0.717, 1.165) is 64.5 Å². The number of likely N-dealkylation sites (tertiary alicyclic amines) is 1. The average Bonchev–Trinajstić information content (AvgIpc) is 3.00. The first-order valence-corrected chi connectivity index (χ1v) is 9.35. The van der Waals surface area contributed by atoms with Crippen LogP contribution in [0.15, 0.2) is 24.4 Å². The number of aromatic nitrogens is 1. The van der Waals surface area contributed by atoms with E-state index in [2.05, 4.69) is 22.0 Å². The Bertz CT molecular complexity index is 507. The maximum atomic E-state index is 6.34. The first-order chi connectivity index (χ1) is 11.9. The molecule has 3 atom stereocenters. The van der Waals surface area contributed by atoms with Gasteiger partial charge in [0.25, 0.3) is 0 Å². The Labute approximate surface area is 144 Å². The van der Waals surface area contributed by atoms with Crippen LogP contribution in [0.5, 0.6) is 0 Å². The molecule has 0 radical (unpaired) electrons. The molecule has 24 heavy (non-hydrogen) atoms. The Morgan fingerprint density at radius 1 is 1.17 bits per heavy atom. The van der Waals surface area contributed by atoms with Crippen LogP contribution in [0.2, 0.25) is 0 Å². The molecule has 0 bridgehead atoms. The molecule has 3 aliphatic rings. The molecule has 0 spiro atoms. The van der Waals surface area contributed by atoms with Crippen molar-refractivity contribution in [3.05, 3.63) is 30.1 Å². The molecular formula is C19H28N2O3.